The summed E-state index contributed by atoms with van der Waals surface area (Å²) < 4.78 is 11.9. The molecular formula is C30H34N2O3. The maximum Gasteiger partial charge on any atom is 0.410 e. The minimum absolute atomic E-state index is 0.0330. The number of carbonyl (C=O) groups is 1. The molecular weight excluding hydrogens is 436 g/mol. The van der Waals surface area contributed by atoms with Crippen molar-refractivity contribution >= 4 is 17.5 Å². The van der Waals surface area contributed by atoms with Crippen LogP contribution in [0.2, 0.25) is 0 Å². The third kappa shape index (κ3) is 6.72. The highest BCUT2D eigenvalue weighted by Crippen LogP contribution is 2.28. The summed E-state index contributed by atoms with van der Waals surface area (Å²) in [6.07, 6.45) is 1.29. The quantitative estimate of drug-likeness (QED) is 0.376. The largest absolute Gasteiger partial charge is 0.490 e. The van der Waals surface area contributed by atoms with Crippen LogP contribution < -0.4 is 4.74 Å². The molecule has 1 heterocycles. The van der Waals surface area contributed by atoms with Crippen LogP contribution in [0.5, 0.6) is 5.75 Å². The Morgan fingerprint density at radius 2 is 1.54 bits per heavy atom. The van der Waals surface area contributed by atoms with Crippen molar-refractivity contribution in [2.75, 3.05) is 6.54 Å². The summed E-state index contributed by atoms with van der Waals surface area (Å²) in [4.78, 5) is 19.3. The molecule has 1 aliphatic rings. The second kappa shape index (κ2) is 10.8. The van der Waals surface area contributed by atoms with Crippen molar-refractivity contribution in [2.45, 2.75) is 58.3 Å². The zero-order chi connectivity index (χ0) is 24.8. The van der Waals surface area contributed by atoms with E-state index in [-0.39, 0.29) is 18.2 Å². The van der Waals surface area contributed by atoms with E-state index in [9.17, 15) is 4.79 Å². The second-order valence-corrected chi connectivity index (χ2v) is 9.98. The average molecular weight is 471 g/mol. The molecule has 35 heavy (non-hydrogen) atoms. The lowest BCUT2D eigenvalue weighted by molar-refractivity contribution is -0.00102. The van der Waals surface area contributed by atoms with Crippen LogP contribution in [-0.2, 0) is 4.74 Å². The molecule has 1 amide bonds. The van der Waals surface area contributed by atoms with E-state index in [0.29, 0.717) is 6.54 Å². The summed E-state index contributed by atoms with van der Waals surface area (Å²) in [7, 11) is 0. The summed E-state index contributed by atoms with van der Waals surface area (Å²) in [6, 6.07) is 28.4. The topological polar surface area (TPSA) is 51.1 Å². The monoisotopic (exact) mass is 470 g/mol. The van der Waals surface area contributed by atoms with E-state index < -0.39 is 5.60 Å². The molecule has 182 valence electrons. The van der Waals surface area contributed by atoms with Gasteiger partial charge in [-0.05, 0) is 39.8 Å². The van der Waals surface area contributed by atoms with Gasteiger partial charge in [0, 0.05) is 42.6 Å². The number of nitrogens with zero attached hydrogens (tertiary/aromatic N) is 2. The molecule has 0 aliphatic carbocycles. The van der Waals surface area contributed by atoms with Crippen LogP contribution in [0.25, 0.3) is 0 Å². The van der Waals surface area contributed by atoms with Gasteiger partial charge in [0.15, 0.2) is 0 Å². The van der Waals surface area contributed by atoms with Crippen molar-refractivity contribution in [3.8, 4) is 5.75 Å². The lowest BCUT2D eigenvalue weighted by Gasteiger charge is -2.38. The van der Waals surface area contributed by atoms with Crippen molar-refractivity contribution in [1.82, 2.24) is 4.90 Å². The molecule has 0 radical (unpaired) electrons. The van der Waals surface area contributed by atoms with Crippen molar-refractivity contribution in [3.63, 3.8) is 0 Å². The second-order valence-electron chi connectivity index (χ2n) is 9.98. The fourth-order valence-electron chi connectivity index (χ4n) is 4.26. The van der Waals surface area contributed by atoms with E-state index in [1.54, 1.807) is 4.90 Å². The van der Waals surface area contributed by atoms with Crippen LogP contribution in [0.3, 0.4) is 0 Å². The molecule has 1 fully saturated rings. The molecule has 5 heteroatoms. The van der Waals surface area contributed by atoms with Gasteiger partial charge in [-0.1, -0.05) is 66.7 Å². The zero-order valence-electron chi connectivity index (χ0n) is 21.0. The molecule has 3 aromatic carbocycles. The first-order valence-corrected chi connectivity index (χ1v) is 12.2. The predicted molar refractivity (Wildman–Crippen MR) is 141 cm³/mol. The Morgan fingerprint density at radius 1 is 0.914 bits per heavy atom. The summed E-state index contributed by atoms with van der Waals surface area (Å²) in [5.41, 5.74) is 3.39. The lowest BCUT2D eigenvalue weighted by Crippen LogP contribution is -2.49. The number of aliphatic imine (C=N–C) groups is 1. The molecule has 0 N–H and O–H groups in total. The number of hydrogen-bond acceptors (Lipinski definition) is 4. The van der Waals surface area contributed by atoms with Gasteiger partial charge in [0.25, 0.3) is 0 Å². The molecule has 4 rings (SSSR count). The van der Waals surface area contributed by atoms with Crippen molar-refractivity contribution in [1.29, 1.82) is 0 Å². The summed E-state index contributed by atoms with van der Waals surface area (Å²) in [5.74, 6) is 0.787. The maximum absolute atomic E-state index is 12.5. The molecule has 0 aromatic heterocycles. The fraction of sp³-hybridized carbons (Fsp3) is 0.333. The number of amides is 1. The molecule has 1 aliphatic heterocycles. The molecule has 3 aromatic rings. The van der Waals surface area contributed by atoms with E-state index in [2.05, 4.69) is 24.3 Å². The molecule has 1 saturated heterocycles. The molecule has 0 spiro atoms. The number of carbonyl (C=O) groups excluding carboxylic acids is 1. The molecule has 0 bridgehead atoms. The number of hydrogen-bond donors (Lipinski definition) is 0. The molecule has 0 unspecified atom stereocenters. The number of rotatable bonds is 5. The third-order valence-corrected chi connectivity index (χ3v) is 5.91. The Bertz CT molecular complexity index is 1110. The third-order valence-electron chi connectivity index (χ3n) is 5.91. The number of likely N-dealkylation sites (tertiary alicyclic amines) is 1. The number of ether oxygens (including phenoxy) is 2. The van der Waals surface area contributed by atoms with Gasteiger partial charge in [0.1, 0.15) is 17.5 Å². The van der Waals surface area contributed by atoms with Gasteiger partial charge in [-0.25, -0.2) is 9.79 Å². The van der Waals surface area contributed by atoms with Gasteiger partial charge in [-0.3, -0.25) is 0 Å². The first kappa shape index (κ1) is 24.5. The molecule has 2 atom stereocenters. The van der Waals surface area contributed by atoms with Crippen molar-refractivity contribution < 1.29 is 14.3 Å². The van der Waals surface area contributed by atoms with Gasteiger partial charge in [0.2, 0.25) is 0 Å². The standard InChI is InChI=1S/C30H34N2O3/c1-22-20-27(18-19-32(22)29(33)35-30(2,3)4)34-26-17-11-16-25(21-26)31-28(23-12-7-5-8-13-23)24-14-9-6-10-15-24/h5-17,21-22,27H,18-20H2,1-4H3/t22-,27-/m0/s1. The molecule has 5 nitrogen and oxygen atoms in total. The Labute approximate surface area is 208 Å². The van der Waals surface area contributed by atoms with Gasteiger partial charge in [0.05, 0.1) is 11.4 Å². The van der Waals surface area contributed by atoms with Gasteiger partial charge in [-0.2, -0.15) is 0 Å². The SMILES string of the molecule is C[C@H]1C[C@@H](Oc2cccc(N=C(c3ccccc3)c3ccccc3)c2)CCN1C(=O)OC(C)(C)C. The smallest absolute Gasteiger partial charge is 0.410 e. The lowest BCUT2D eigenvalue weighted by atomic mass is 10.0. The number of benzene rings is 3. The zero-order valence-corrected chi connectivity index (χ0v) is 21.0. The Balaban J connectivity index is 1.48. The predicted octanol–water partition coefficient (Wildman–Crippen LogP) is 7.02. The summed E-state index contributed by atoms with van der Waals surface area (Å²) in [5, 5.41) is 0. The molecule has 0 saturated carbocycles. The minimum Gasteiger partial charge on any atom is -0.490 e. The van der Waals surface area contributed by atoms with Crippen molar-refractivity contribution in [2.24, 2.45) is 4.99 Å². The van der Waals surface area contributed by atoms with E-state index in [1.165, 1.54) is 0 Å². The van der Waals surface area contributed by atoms with Crippen LogP contribution >= 0.6 is 0 Å². The maximum atomic E-state index is 12.5. The first-order valence-electron chi connectivity index (χ1n) is 12.2. The van der Waals surface area contributed by atoms with Gasteiger partial charge < -0.3 is 14.4 Å². The Kier molecular flexibility index (Phi) is 7.54. The average Bonchev–Trinajstić information content (AvgIpc) is 2.83. The van der Waals surface area contributed by atoms with Crippen molar-refractivity contribution in [3.05, 3.63) is 96.1 Å². The fourth-order valence-corrected chi connectivity index (χ4v) is 4.26. The normalized spacial score (nSPS) is 18.0. The van der Waals surface area contributed by atoms with Crippen LogP contribution in [0, 0.1) is 0 Å². The highest BCUT2D eigenvalue weighted by atomic mass is 16.6. The minimum atomic E-state index is -0.497. The van der Waals surface area contributed by atoms with Crippen LogP contribution in [0.15, 0.2) is 89.9 Å². The Hall–Kier alpha value is -3.60. The van der Waals surface area contributed by atoms with E-state index in [1.807, 2.05) is 88.4 Å². The highest BCUT2D eigenvalue weighted by molar-refractivity contribution is 6.13. The van der Waals surface area contributed by atoms with Crippen LogP contribution in [-0.4, -0.2) is 41.0 Å². The Morgan fingerprint density at radius 3 is 2.11 bits per heavy atom. The first-order chi connectivity index (χ1) is 16.8. The van der Waals surface area contributed by atoms with E-state index in [0.717, 1.165) is 41.1 Å². The van der Waals surface area contributed by atoms with E-state index in [4.69, 9.17) is 14.5 Å². The summed E-state index contributed by atoms with van der Waals surface area (Å²) in [6.45, 7) is 8.34. The summed E-state index contributed by atoms with van der Waals surface area (Å²) >= 11 is 0. The number of piperidine rings is 1. The van der Waals surface area contributed by atoms with Crippen LogP contribution in [0.1, 0.15) is 51.7 Å². The van der Waals surface area contributed by atoms with Crippen LogP contribution in [0.4, 0.5) is 10.5 Å². The van der Waals surface area contributed by atoms with Gasteiger partial charge in [-0.15, -0.1) is 0 Å². The highest BCUT2D eigenvalue weighted by Gasteiger charge is 2.32. The van der Waals surface area contributed by atoms with Gasteiger partial charge >= 0.3 is 6.09 Å². The van der Waals surface area contributed by atoms with E-state index >= 15 is 0 Å².